The number of benzene rings is 2. The molecule has 1 aromatic heterocycles. The monoisotopic (exact) mass is 466 g/mol. The van der Waals surface area contributed by atoms with Gasteiger partial charge >= 0.3 is 0 Å². The Labute approximate surface area is 198 Å². The molecule has 3 aromatic rings. The van der Waals surface area contributed by atoms with E-state index in [4.69, 9.17) is 9.47 Å². The minimum Gasteiger partial charge on any atom is -0.497 e. The Morgan fingerprint density at radius 3 is 2.45 bits per heavy atom. The van der Waals surface area contributed by atoms with Crippen LogP contribution < -0.4 is 14.8 Å². The van der Waals surface area contributed by atoms with Gasteiger partial charge in [0.25, 0.3) is 0 Å². The lowest BCUT2D eigenvalue weighted by Crippen LogP contribution is -2.24. The largest absolute Gasteiger partial charge is 0.497 e. The first-order valence-corrected chi connectivity index (χ1v) is 12.2. The summed E-state index contributed by atoms with van der Waals surface area (Å²) in [7, 11) is 3.25. The van der Waals surface area contributed by atoms with Gasteiger partial charge < -0.3 is 14.8 Å². The Morgan fingerprint density at radius 1 is 1.03 bits per heavy atom. The van der Waals surface area contributed by atoms with Crippen molar-refractivity contribution in [3.63, 3.8) is 0 Å². The van der Waals surface area contributed by atoms with Crippen molar-refractivity contribution < 1.29 is 14.3 Å². The molecule has 1 N–H and O–H groups in total. The third-order valence-corrected chi connectivity index (χ3v) is 7.03. The van der Waals surface area contributed by atoms with Crippen LogP contribution in [-0.4, -0.2) is 40.1 Å². The maximum absolute atomic E-state index is 13.0. The lowest BCUT2D eigenvalue weighted by molar-refractivity contribution is -0.115. The maximum Gasteiger partial charge on any atom is 0.237 e. The van der Waals surface area contributed by atoms with Crippen LogP contribution in [0.1, 0.15) is 45.1 Å². The van der Waals surface area contributed by atoms with Crippen LogP contribution in [-0.2, 0) is 4.79 Å². The average Bonchev–Trinajstić information content (AvgIpc) is 3.28. The molecule has 1 heterocycles. The molecule has 8 heteroatoms. The van der Waals surface area contributed by atoms with Gasteiger partial charge in [-0.1, -0.05) is 43.2 Å². The molecule has 0 saturated heterocycles. The van der Waals surface area contributed by atoms with Crippen LogP contribution in [0.3, 0.4) is 0 Å². The zero-order valence-electron chi connectivity index (χ0n) is 19.3. The highest BCUT2D eigenvalue weighted by Gasteiger charge is 2.26. The van der Waals surface area contributed by atoms with Crippen molar-refractivity contribution in [3.8, 4) is 22.9 Å². The molecule has 1 aliphatic carbocycles. The zero-order valence-corrected chi connectivity index (χ0v) is 20.1. The third kappa shape index (κ3) is 5.33. The lowest BCUT2D eigenvalue weighted by Gasteiger charge is -2.26. The molecule has 2 aromatic carbocycles. The fraction of sp³-hybridized carbons (Fsp3) is 0.400. The SMILES string of the molecule is COc1ccc(-c2nnc(SC(C)C(=O)Nc3ccccc3OC)n2C2CCCCC2)cc1. The van der Waals surface area contributed by atoms with E-state index in [0.29, 0.717) is 17.5 Å². The summed E-state index contributed by atoms with van der Waals surface area (Å²) in [6.45, 7) is 1.89. The summed E-state index contributed by atoms with van der Waals surface area (Å²) in [5, 5.41) is 12.4. The van der Waals surface area contributed by atoms with E-state index in [-0.39, 0.29) is 11.2 Å². The van der Waals surface area contributed by atoms with Gasteiger partial charge in [-0.05, 0) is 56.2 Å². The molecule has 0 spiro atoms. The molecule has 174 valence electrons. The minimum absolute atomic E-state index is 0.103. The van der Waals surface area contributed by atoms with Crippen LogP contribution in [0.15, 0.2) is 53.7 Å². The highest BCUT2D eigenvalue weighted by molar-refractivity contribution is 8.00. The fourth-order valence-corrected chi connectivity index (χ4v) is 5.08. The number of ether oxygens (including phenoxy) is 2. The number of anilines is 1. The van der Waals surface area contributed by atoms with Gasteiger partial charge in [0.05, 0.1) is 25.2 Å². The highest BCUT2D eigenvalue weighted by Crippen LogP contribution is 2.37. The van der Waals surface area contributed by atoms with E-state index in [9.17, 15) is 4.79 Å². The second-order valence-corrected chi connectivity index (χ2v) is 9.45. The van der Waals surface area contributed by atoms with Crippen LogP contribution in [0.25, 0.3) is 11.4 Å². The van der Waals surface area contributed by atoms with E-state index in [0.717, 1.165) is 35.1 Å². The van der Waals surface area contributed by atoms with Gasteiger partial charge in [0, 0.05) is 11.6 Å². The lowest BCUT2D eigenvalue weighted by atomic mass is 9.95. The molecular weight excluding hydrogens is 436 g/mol. The Kier molecular flexibility index (Phi) is 7.54. The van der Waals surface area contributed by atoms with Gasteiger partial charge in [-0.2, -0.15) is 0 Å². The van der Waals surface area contributed by atoms with Gasteiger partial charge in [-0.3, -0.25) is 9.36 Å². The average molecular weight is 467 g/mol. The maximum atomic E-state index is 13.0. The molecule has 1 fully saturated rings. The van der Waals surface area contributed by atoms with Crippen LogP contribution in [0.2, 0.25) is 0 Å². The summed E-state index contributed by atoms with van der Waals surface area (Å²) >= 11 is 1.44. The summed E-state index contributed by atoms with van der Waals surface area (Å²) in [5.74, 6) is 2.17. The summed E-state index contributed by atoms with van der Waals surface area (Å²) < 4.78 is 12.9. The summed E-state index contributed by atoms with van der Waals surface area (Å²) in [4.78, 5) is 13.0. The van der Waals surface area contributed by atoms with Crippen LogP contribution in [0.5, 0.6) is 11.5 Å². The molecule has 0 bridgehead atoms. The Bertz CT molecular complexity index is 1080. The van der Waals surface area contributed by atoms with Gasteiger partial charge in [0.15, 0.2) is 11.0 Å². The minimum atomic E-state index is -0.356. The number of methoxy groups -OCH3 is 2. The topological polar surface area (TPSA) is 78.3 Å². The number of thioether (sulfide) groups is 1. The van der Waals surface area contributed by atoms with E-state index in [2.05, 4.69) is 20.1 Å². The summed E-state index contributed by atoms with van der Waals surface area (Å²) in [6.07, 6.45) is 5.83. The van der Waals surface area contributed by atoms with Crippen LogP contribution in [0.4, 0.5) is 5.69 Å². The van der Waals surface area contributed by atoms with E-state index in [1.807, 2.05) is 55.5 Å². The standard InChI is InChI=1S/C25H30N4O3S/c1-17(24(30)26-21-11-7-8-12-22(21)32-3)33-25-28-27-23(18-13-15-20(31-2)16-14-18)29(25)19-9-5-4-6-10-19/h7-8,11-17,19H,4-6,9-10H2,1-3H3,(H,26,30). The van der Waals surface area contributed by atoms with E-state index in [1.165, 1.54) is 31.0 Å². The normalized spacial score (nSPS) is 15.1. The van der Waals surface area contributed by atoms with Gasteiger partial charge in [-0.25, -0.2) is 0 Å². The number of carbonyl (C=O) groups excluding carboxylic acids is 1. The zero-order chi connectivity index (χ0) is 23.2. The van der Waals surface area contributed by atoms with Crippen molar-refractivity contribution in [2.75, 3.05) is 19.5 Å². The summed E-state index contributed by atoms with van der Waals surface area (Å²) in [5.41, 5.74) is 1.65. The number of carbonyl (C=O) groups is 1. The van der Waals surface area contributed by atoms with Crippen molar-refractivity contribution >= 4 is 23.4 Å². The second kappa shape index (κ2) is 10.7. The van der Waals surface area contributed by atoms with Gasteiger partial charge in [0.1, 0.15) is 11.5 Å². The molecule has 7 nitrogen and oxygen atoms in total. The van der Waals surface area contributed by atoms with E-state index in [1.54, 1.807) is 14.2 Å². The van der Waals surface area contributed by atoms with Crippen molar-refractivity contribution in [2.45, 2.75) is 55.5 Å². The third-order valence-electron chi connectivity index (χ3n) is 5.97. The number of hydrogen-bond donors (Lipinski definition) is 1. The van der Waals surface area contributed by atoms with Crippen LogP contribution >= 0.6 is 11.8 Å². The number of rotatable bonds is 8. The highest BCUT2D eigenvalue weighted by atomic mass is 32.2. The molecule has 4 rings (SSSR count). The molecule has 0 aliphatic heterocycles. The van der Waals surface area contributed by atoms with E-state index >= 15 is 0 Å². The van der Waals surface area contributed by atoms with Crippen molar-refractivity contribution in [2.24, 2.45) is 0 Å². The molecule has 0 radical (unpaired) electrons. The van der Waals surface area contributed by atoms with Gasteiger partial charge in [-0.15, -0.1) is 10.2 Å². The first kappa shape index (κ1) is 23.2. The van der Waals surface area contributed by atoms with Crippen molar-refractivity contribution in [3.05, 3.63) is 48.5 Å². The molecule has 1 aliphatic rings. The first-order valence-electron chi connectivity index (χ1n) is 11.3. The van der Waals surface area contributed by atoms with Crippen molar-refractivity contribution in [1.82, 2.24) is 14.8 Å². The predicted octanol–water partition coefficient (Wildman–Crippen LogP) is 5.59. The first-order chi connectivity index (χ1) is 16.1. The molecular formula is C25H30N4O3S. The quantitative estimate of drug-likeness (QED) is 0.436. The molecule has 1 saturated carbocycles. The van der Waals surface area contributed by atoms with Crippen LogP contribution in [0, 0.1) is 0 Å². The summed E-state index contributed by atoms with van der Waals surface area (Å²) in [6, 6.07) is 15.6. The number of amides is 1. The van der Waals surface area contributed by atoms with Gasteiger partial charge in [0.2, 0.25) is 5.91 Å². The smallest absolute Gasteiger partial charge is 0.237 e. The number of nitrogens with one attached hydrogen (secondary N) is 1. The van der Waals surface area contributed by atoms with Crippen molar-refractivity contribution in [1.29, 1.82) is 0 Å². The number of aromatic nitrogens is 3. The predicted molar refractivity (Wildman–Crippen MR) is 131 cm³/mol. The molecule has 1 amide bonds. The van der Waals surface area contributed by atoms with E-state index < -0.39 is 0 Å². The number of hydrogen-bond acceptors (Lipinski definition) is 6. The Hall–Kier alpha value is -3.00. The molecule has 1 atom stereocenters. The fourth-order valence-electron chi connectivity index (χ4n) is 4.16. The Morgan fingerprint density at radius 2 is 1.76 bits per heavy atom. The molecule has 33 heavy (non-hydrogen) atoms. The number of nitrogens with zero attached hydrogens (tertiary/aromatic N) is 3. The second-order valence-electron chi connectivity index (χ2n) is 8.15. The number of para-hydroxylation sites is 2. The molecule has 1 unspecified atom stereocenters. The Balaban J connectivity index is 1.58.